The van der Waals surface area contributed by atoms with Gasteiger partial charge in [-0.15, -0.1) is 12.4 Å². The van der Waals surface area contributed by atoms with Gasteiger partial charge in [0.25, 0.3) is 0 Å². The van der Waals surface area contributed by atoms with Gasteiger partial charge in [-0.3, -0.25) is 9.58 Å². The van der Waals surface area contributed by atoms with E-state index in [1.165, 1.54) is 12.1 Å². The molecule has 0 bridgehead atoms. The van der Waals surface area contributed by atoms with E-state index < -0.39 is 0 Å². The van der Waals surface area contributed by atoms with Crippen LogP contribution in [0.5, 0.6) is 0 Å². The molecule has 0 saturated carbocycles. The minimum absolute atomic E-state index is 0. The molecule has 2 N–H and O–H groups in total. The van der Waals surface area contributed by atoms with Gasteiger partial charge in [-0.25, -0.2) is 0 Å². The Kier molecular flexibility index (Phi) is 5.63. The van der Waals surface area contributed by atoms with Crippen molar-refractivity contribution in [2.75, 3.05) is 13.1 Å². The fourth-order valence-electron chi connectivity index (χ4n) is 2.41. The predicted molar refractivity (Wildman–Crippen MR) is 76.9 cm³/mol. The zero-order chi connectivity index (χ0) is 12.4. The summed E-state index contributed by atoms with van der Waals surface area (Å²) >= 11 is 0. The maximum absolute atomic E-state index is 5.95. The summed E-state index contributed by atoms with van der Waals surface area (Å²) in [5.74, 6) is 0.655. The Morgan fingerprint density at radius 2 is 2.17 bits per heavy atom. The van der Waals surface area contributed by atoms with Crippen LogP contribution in [0.4, 0.5) is 0 Å². The number of hydrogen-bond donors (Lipinski definition) is 1. The maximum atomic E-state index is 5.95. The number of nitrogens with zero attached hydrogens (tertiary/aromatic N) is 3. The van der Waals surface area contributed by atoms with Crippen molar-refractivity contribution in [3.8, 4) is 0 Å². The van der Waals surface area contributed by atoms with Crippen LogP contribution in [0.1, 0.15) is 38.9 Å². The van der Waals surface area contributed by atoms with Crippen molar-refractivity contribution < 1.29 is 0 Å². The van der Waals surface area contributed by atoms with E-state index in [4.69, 9.17) is 5.73 Å². The molecule has 2 heterocycles. The van der Waals surface area contributed by atoms with Crippen molar-refractivity contribution in [3.05, 3.63) is 18.0 Å². The Morgan fingerprint density at radius 3 is 2.67 bits per heavy atom. The third-order valence-corrected chi connectivity index (χ3v) is 3.63. The molecule has 4 nitrogen and oxygen atoms in total. The van der Waals surface area contributed by atoms with Crippen molar-refractivity contribution in [2.45, 2.75) is 45.8 Å². The number of aromatic nitrogens is 2. The lowest BCUT2D eigenvalue weighted by Gasteiger charge is -2.16. The molecule has 2 rings (SSSR count). The molecule has 1 aliphatic rings. The van der Waals surface area contributed by atoms with Gasteiger partial charge in [0.2, 0.25) is 0 Å². The largest absolute Gasteiger partial charge is 0.328 e. The van der Waals surface area contributed by atoms with E-state index in [9.17, 15) is 0 Å². The third-order valence-electron chi connectivity index (χ3n) is 3.63. The van der Waals surface area contributed by atoms with Crippen LogP contribution < -0.4 is 5.73 Å². The van der Waals surface area contributed by atoms with Crippen molar-refractivity contribution in [1.82, 2.24) is 14.7 Å². The summed E-state index contributed by atoms with van der Waals surface area (Å²) in [6.45, 7) is 9.65. The van der Waals surface area contributed by atoms with Gasteiger partial charge in [-0.2, -0.15) is 5.10 Å². The first-order valence-electron chi connectivity index (χ1n) is 6.58. The second-order valence-electron chi connectivity index (χ2n) is 5.52. The summed E-state index contributed by atoms with van der Waals surface area (Å²) in [4.78, 5) is 2.46. The molecule has 1 aromatic rings. The minimum Gasteiger partial charge on any atom is -0.328 e. The fourth-order valence-corrected chi connectivity index (χ4v) is 2.41. The Morgan fingerprint density at radius 1 is 1.44 bits per heavy atom. The molecule has 2 unspecified atom stereocenters. The zero-order valence-electron chi connectivity index (χ0n) is 11.5. The Hall–Kier alpha value is -0.580. The molecule has 104 valence electrons. The number of hydrogen-bond acceptors (Lipinski definition) is 3. The van der Waals surface area contributed by atoms with E-state index >= 15 is 0 Å². The number of nitrogens with two attached hydrogens (primary N) is 1. The molecule has 1 saturated heterocycles. The summed E-state index contributed by atoms with van der Waals surface area (Å²) in [5.41, 5.74) is 7.12. The van der Waals surface area contributed by atoms with Crippen molar-refractivity contribution >= 4 is 12.4 Å². The summed E-state index contributed by atoms with van der Waals surface area (Å²) in [6, 6.07) is 2.88. The van der Waals surface area contributed by atoms with Crippen molar-refractivity contribution in [2.24, 2.45) is 11.7 Å². The van der Waals surface area contributed by atoms with E-state index in [-0.39, 0.29) is 12.4 Å². The van der Waals surface area contributed by atoms with Gasteiger partial charge in [-0.05, 0) is 45.7 Å². The molecule has 1 aliphatic heterocycles. The lowest BCUT2D eigenvalue weighted by Crippen LogP contribution is -2.29. The molecule has 1 fully saturated rings. The van der Waals surface area contributed by atoms with Crippen molar-refractivity contribution in [1.29, 1.82) is 0 Å². The first-order valence-corrected chi connectivity index (χ1v) is 6.58. The summed E-state index contributed by atoms with van der Waals surface area (Å²) in [6.07, 6.45) is 3.29. The third kappa shape index (κ3) is 3.70. The summed E-state index contributed by atoms with van der Waals surface area (Å²) in [5, 5.41) is 4.59. The van der Waals surface area contributed by atoms with Crippen molar-refractivity contribution in [3.63, 3.8) is 0 Å². The lowest BCUT2D eigenvalue weighted by atomic mass is 10.0. The molecular weight excluding hydrogens is 248 g/mol. The molecule has 2 atom stereocenters. The average Bonchev–Trinajstić information content (AvgIpc) is 2.87. The first kappa shape index (κ1) is 15.5. The van der Waals surface area contributed by atoms with Crippen LogP contribution in [0.2, 0.25) is 0 Å². The molecule has 1 aromatic heterocycles. The maximum Gasteiger partial charge on any atom is 0.0764 e. The van der Waals surface area contributed by atoms with Gasteiger partial charge in [0.1, 0.15) is 0 Å². The van der Waals surface area contributed by atoms with Gasteiger partial charge in [0.15, 0.2) is 0 Å². The average molecular weight is 273 g/mol. The summed E-state index contributed by atoms with van der Waals surface area (Å²) in [7, 11) is 0. The topological polar surface area (TPSA) is 47.1 Å². The molecule has 0 amide bonds. The number of halogens is 1. The Bertz CT molecular complexity index is 362. The van der Waals surface area contributed by atoms with Crippen LogP contribution in [-0.4, -0.2) is 33.8 Å². The Balaban J connectivity index is 0.00000162. The number of rotatable bonds is 4. The quantitative estimate of drug-likeness (QED) is 0.913. The van der Waals surface area contributed by atoms with E-state index in [1.807, 2.05) is 4.68 Å². The van der Waals surface area contributed by atoms with Gasteiger partial charge in [0, 0.05) is 31.4 Å². The summed E-state index contributed by atoms with van der Waals surface area (Å²) < 4.78 is 2.02. The molecule has 0 spiro atoms. The van der Waals surface area contributed by atoms with Crippen LogP contribution in [0.25, 0.3) is 0 Å². The highest BCUT2D eigenvalue weighted by atomic mass is 35.5. The molecule has 0 radical (unpaired) electrons. The van der Waals surface area contributed by atoms with Crippen LogP contribution in [-0.2, 0) is 6.54 Å². The van der Waals surface area contributed by atoms with Gasteiger partial charge < -0.3 is 5.73 Å². The molecule has 5 heteroatoms. The van der Waals surface area contributed by atoms with Crippen LogP contribution in [0.15, 0.2) is 12.3 Å². The molecule has 18 heavy (non-hydrogen) atoms. The smallest absolute Gasteiger partial charge is 0.0764 e. The monoisotopic (exact) mass is 272 g/mol. The molecule has 0 aromatic carbocycles. The van der Waals surface area contributed by atoms with Crippen LogP contribution in [0.3, 0.4) is 0 Å². The van der Waals surface area contributed by atoms with Crippen LogP contribution >= 0.6 is 12.4 Å². The normalized spacial score (nSPS) is 22.2. The second-order valence-corrected chi connectivity index (χ2v) is 5.52. The Labute approximate surface area is 116 Å². The highest BCUT2D eigenvalue weighted by Crippen LogP contribution is 2.20. The standard InChI is InChI=1S/C13H24N4.ClH/c1-10(2)17-7-5-13(15-17)9-16-6-4-12(8-16)11(3)14;/h5,7,10-12H,4,6,8-9,14H2,1-3H3;1H. The van der Waals surface area contributed by atoms with Gasteiger partial charge in [0.05, 0.1) is 5.69 Å². The molecular formula is C13H25ClN4. The highest BCUT2D eigenvalue weighted by Gasteiger charge is 2.25. The van der Waals surface area contributed by atoms with E-state index in [0.29, 0.717) is 18.0 Å². The van der Waals surface area contributed by atoms with E-state index in [2.05, 4.69) is 43.0 Å². The van der Waals surface area contributed by atoms with E-state index in [1.54, 1.807) is 0 Å². The lowest BCUT2D eigenvalue weighted by molar-refractivity contribution is 0.303. The second kappa shape index (κ2) is 6.55. The SMILES string of the molecule is CC(N)C1CCN(Cc2ccn(C(C)C)n2)C1.Cl. The highest BCUT2D eigenvalue weighted by molar-refractivity contribution is 5.85. The molecule has 0 aliphatic carbocycles. The van der Waals surface area contributed by atoms with E-state index in [0.717, 1.165) is 19.6 Å². The zero-order valence-corrected chi connectivity index (χ0v) is 12.4. The van der Waals surface area contributed by atoms with Gasteiger partial charge >= 0.3 is 0 Å². The predicted octanol–water partition coefficient (Wildman–Crippen LogP) is 2.05. The van der Waals surface area contributed by atoms with Gasteiger partial charge in [-0.1, -0.05) is 0 Å². The first-order chi connectivity index (χ1) is 8.06. The minimum atomic E-state index is 0. The number of likely N-dealkylation sites (tertiary alicyclic amines) is 1. The fraction of sp³-hybridized carbons (Fsp3) is 0.769. The van der Waals surface area contributed by atoms with Crippen LogP contribution in [0, 0.1) is 5.92 Å².